The summed E-state index contributed by atoms with van der Waals surface area (Å²) in [6.07, 6.45) is 5.93. The highest BCUT2D eigenvalue weighted by atomic mass is 35.5. The van der Waals surface area contributed by atoms with Crippen molar-refractivity contribution in [2.45, 2.75) is 38.1 Å². The van der Waals surface area contributed by atoms with Crippen LogP contribution in [0, 0.1) is 17.8 Å². The Kier molecular flexibility index (Phi) is 7.60. The van der Waals surface area contributed by atoms with Crippen LogP contribution in [0.4, 0.5) is 0 Å². The summed E-state index contributed by atoms with van der Waals surface area (Å²) in [6.45, 7) is 5.34. The largest absolute Gasteiger partial charge is 0.339 e. The van der Waals surface area contributed by atoms with Crippen molar-refractivity contribution in [1.29, 1.82) is 0 Å². The van der Waals surface area contributed by atoms with Crippen LogP contribution in [0.5, 0.6) is 0 Å². The Morgan fingerprint density at radius 2 is 1.42 bits per heavy atom. The van der Waals surface area contributed by atoms with Crippen molar-refractivity contribution in [3.8, 4) is 0 Å². The number of carbonyl (C=O) groups excluding carboxylic acids is 2. The first-order valence-electron chi connectivity index (χ1n) is 9.68. The average molecular weight is 407 g/mol. The Bertz CT molecular complexity index is 505. The summed E-state index contributed by atoms with van der Waals surface area (Å²) in [7, 11) is 0. The molecule has 4 unspecified atom stereocenters. The molecule has 2 aliphatic heterocycles. The van der Waals surface area contributed by atoms with Crippen LogP contribution in [0.15, 0.2) is 0 Å². The maximum atomic E-state index is 12.9. The van der Waals surface area contributed by atoms with Crippen LogP contribution < -0.4 is 5.73 Å². The van der Waals surface area contributed by atoms with Gasteiger partial charge in [-0.2, -0.15) is 0 Å². The number of nitrogens with zero attached hydrogens (tertiary/aromatic N) is 3. The number of rotatable bonds is 3. The Labute approximate surface area is 168 Å². The molecular formula is C18H32Cl2N4O2. The molecule has 150 valence electrons. The van der Waals surface area contributed by atoms with E-state index in [2.05, 4.69) is 4.90 Å². The van der Waals surface area contributed by atoms with Gasteiger partial charge < -0.3 is 15.5 Å². The molecule has 0 spiro atoms. The third kappa shape index (κ3) is 4.13. The summed E-state index contributed by atoms with van der Waals surface area (Å²) in [5, 5.41) is 0. The molecule has 4 aliphatic rings. The zero-order chi connectivity index (χ0) is 16.7. The van der Waals surface area contributed by atoms with Gasteiger partial charge in [0, 0.05) is 32.2 Å². The fraction of sp³-hybridized carbons (Fsp3) is 0.889. The van der Waals surface area contributed by atoms with Crippen LogP contribution in [-0.4, -0.2) is 78.4 Å². The maximum absolute atomic E-state index is 12.9. The van der Waals surface area contributed by atoms with Crippen molar-refractivity contribution >= 4 is 36.6 Å². The van der Waals surface area contributed by atoms with E-state index in [1.54, 1.807) is 0 Å². The molecule has 2 N–H and O–H groups in total. The van der Waals surface area contributed by atoms with E-state index >= 15 is 0 Å². The highest BCUT2D eigenvalue weighted by molar-refractivity contribution is 5.85. The van der Waals surface area contributed by atoms with Crippen molar-refractivity contribution in [2.24, 2.45) is 23.5 Å². The van der Waals surface area contributed by atoms with Gasteiger partial charge >= 0.3 is 0 Å². The standard InChI is InChI=1S/C18H30N4O2.2ClH/c19-17-14-4-3-13(11-14)16(17)18(24)22-9-7-21(8-10-22)15(23)12-20-5-1-2-6-20;;/h13-14,16-17H,1-12,19H2;2*1H. The number of hydrogen-bond acceptors (Lipinski definition) is 4. The number of piperazine rings is 1. The third-order valence-corrected chi connectivity index (χ3v) is 6.77. The topological polar surface area (TPSA) is 69.9 Å². The quantitative estimate of drug-likeness (QED) is 0.757. The van der Waals surface area contributed by atoms with Gasteiger partial charge in [0.25, 0.3) is 0 Å². The molecule has 8 heteroatoms. The first kappa shape index (κ1) is 21.7. The summed E-state index contributed by atoms with van der Waals surface area (Å²) in [6, 6.07) is 0.0612. The molecule has 2 saturated carbocycles. The van der Waals surface area contributed by atoms with E-state index < -0.39 is 0 Å². The molecule has 2 amide bonds. The molecule has 2 aliphatic carbocycles. The van der Waals surface area contributed by atoms with Crippen molar-refractivity contribution in [1.82, 2.24) is 14.7 Å². The van der Waals surface area contributed by atoms with Crippen LogP contribution in [0.25, 0.3) is 0 Å². The second-order valence-corrected chi connectivity index (χ2v) is 8.13. The first-order valence-corrected chi connectivity index (χ1v) is 9.68. The number of halogens is 2. The lowest BCUT2D eigenvalue weighted by atomic mass is 9.84. The molecule has 4 atom stereocenters. The normalized spacial score (nSPS) is 33.7. The van der Waals surface area contributed by atoms with Gasteiger partial charge in [-0.15, -0.1) is 24.8 Å². The lowest BCUT2D eigenvalue weighted by Crippen LogP contribution is -2.55. The number of fused-ring (bicyclic) bond motifs is 2. The second-order valence-electron chi connectivity index (χ2n) is 8.13. The Morgan fingerprint density at radius 1 is 0.846 bits per heavy atom. The molecule has 0 aromatic carbocycles. The lowest BCUT2D eigenvalue weighted by Gasteiger charge is -2.38. The van der Waals surface area contributed by atoms with E-state index in [4.69, 9.17) is 5.73 Å². The van der Waals surface area contributed by atoms with Crippen LogP contribution in [0.3, 0.4) is 0 Å². The second kappa shape index (κ2) is 9.09. The van der Waals surface area contributed by atoms with Crippen LogP contribution >= 0.6 is 24.8 Å². The van der Waals surface area contributed by atoms with E-state index in [9.17, 15) is 9.59 Å². The zero-order valence-corrected chi connectivity index (χ0v) is 17.0. The highest BCUT2D eigenvalue weighted by Crippen LogP contribution is 2.48. The van der Waals surface area contributed by atoms with Gasteiger partial charge in [0.05, 0.1) is 12.5 Å². The van der Waals surface area contributed by atoms with Gasteiger partial charge in [-0.25, -0.2) is 0 Å². The van der Waals surface area contributed by atoms with Crippen molar-refractivity contribution in [2.75, 3.05) is 45.8 Å². The third-order valence-electron chi connectivity index (χ3n) is 6.77. The fourth-order valence-electron chi connectivity index (χ4n) is 5.32. The monoisotopic (exact) mass is 406 g/mol. The molecule has 0 aromatic rings. The predicted molar refractivity (Wildman–Crippen MR) is 106 cm³/mol. The molecule has 4 fully saturated rings. The molecule has 2 saturated heterocycles. The zero-order valence-electron chi connectivity index (χ0n) is 15.3. The number of amides is 2. The molecule has 4 rings (SSSR count). The minimum atomic E-state index is 0. The number of likely N-dealkylation sites (tertiary alicyclic amines) is 1. The summed E-state index contributed by atoms with van der Waals surface area (Å²) in [5.41, 5.74) is 6.32. The molecule has 26 heavy (non-hydrogen) atoms. The number of carbonyl (C=O) groups is 2. The van der Waals surface area contributed by atoms with Gasteiger partial charge in [0.1, 0.15) is 0 Å². The smallest absolute Gasteiger partial charge is 0.236 e. The summed E-state index contributed by atoms with van der Waals surface area (Å²) >= 11 is 0. The maximum Gasteiger partial charge on any atom is 0.236 e. The van der Waals surface area contributed by atoms with E-state index in [-0.39, 0.29) is 48.6 Å². The highest BCUT2D eigenvalue weighted by Gasteiger charge is 2.50. The Balaban J connectivity index is 0.00000121. The van der Waals surface area contributed by atoms with Crippen LogP contribution in [0.2, 0.25) is 0 Å². The molecule has 2 heterocycles. The molecular weight excluding hydrogens is 375 g/mol. The molecule has 0 radical (unpaired) electrons. The summed E-state index contributed by atoms with van der Waals surface area (Å²) in [5.74, 6) is 1.58. The van der Waals surface area contributed by atoms with Gasteiger partial charge in [0.2, 0.25) is 11.8 Å². The van der Waals surface area contributed by atoms with Gasteiger partial charge in [-0.3, -0.25) is 14.5 Å². The van der Waals surface area contributed by atoms with Crippen LogP contribution in [0.1, 0.15) is 32.1 Å². The fourth-order valence-corrected chi connectivity index (χ4v) is 5.32. The van der Waals surface area contributed by atoms with Gasteiger partial charge in [-0.1, -0.05) is 0 Å². The molecule has 6 nitrogen and oxygen atoms in total. The molecule has 2 bridgehead atoms. The van der Waals surface area contributed by atoms with Crippen molar-refractivity contribution < 1.29 is 9.59 Å². The summed E-state index contributed by atoms with van der Waals surface area (Å²) in [4.78, 5) is 31.4. The average Bonchev–Trinajstić information content (AvgIpc) is 3.32. The minimum Gasteiger partial charge on any atom is -0.339 e. The van der Waals surface area contributed by atoms with Crippen LogP contribution in [-0.2, 0) is 9.59 Å². The van der Waals surface area contributed by atoms with Gasteiger partial charge in [-0.05, 0) is 57.0 Å². The van der Waals surface area contributed by atoms with E-state index in [0.29, 0.717) is 44.6 Å². The lowest BCUT2D eigenvalue weighted by molar-refractivity contribution is -0.144. The first-order chi connectivity index (χ1) is 11.6. The van der Waals surface area contributed by atoms with E-state index in [1.165, 1.54) is 25.7 Å². The minimum absolute atomic E-state index is 0. The Hall–Kier alpha value is -0.560. The predicted octanol–water partition coefficient (Wildman–Crippen LogP) is 0.970. The van der Waals surface area contributed by atoms with Crippen molar-refractivity contribution in [3.63, 3.8) is 0 Å². The SMILES string of the molecule is Cl.Cl.NC1C2CCC(C2)C1C(=O)N1CCN(C(=O)CN2CCCC2)CC1. The number of nitrogens with two attached hydrogens (primary N) is 1. The van der Waals surface area contributed by atoms with Crippen molar-refractivity contribution in [3.05, 3.63) is 0 Å². The molecule has 0 aromatic heterocycles. The van der Waals surface area contributed by atoms with E-state index in [1.807, 2.05) is 9.80 Å². The Morgan fingerprint density at radius 3 is 2.00 bits per heavy atom. The van der Waals surface area contributed by atoms with E-state index in [0.717, 1.165) is 19.5 Å². The summed E-state index contributed by atoms with van der Waals surface area (Å²) < 4.78 is 0. The van der Waals surface area contributed by atoms with Gasteiger partial charge in [0.15, 0.2) is 0 Å². The number of hydrogen-bond donors (Lipinski definition) is 1.